The third kappa shape index (κ3) is 3.69. The van der Waals surface area contributed by atoms with Crippen LogP contribution in [0.3, 0.4) is 0 Å². The summed E-state index contributed by atoms with van der Waals surface area (Å²) in [5.41, 5.74) is 0.597. The van der Waals surface area contributed by atoms with Gasteiger partial charge in [-0.25, -0.2) is 4.98 Å². The summed E-state index contributed by atoms with van der Waals surface area (Å²) in [4.78, 5) is 35.3. The van der Waals surface area contributed by atoms with Gasteiger partial charge >= 0.3 is 0 Å². The molecule has 132 valence electrons. The first-order chi connectivity index (χ1) is 12.7. The smallest absolute Gasteiger partial charge is 0.263 e. The van der Waals surface area contributed by atoms with Gasteiger partial charge < -0.3 is 14.8 Å². The van der Waals surface area contributed by atoms with Crippen LogP contribution in [-0.4, -0.2) is 26.0 Å². The van der Waals surface area contributed by atoms with Crippen LogP contribution < -0.4 is 10.9 Å². The fourth-order valence-electron chi connectivity index (χ4n) is 2.59. The van der Waals surface area contributed by atoms with Crippen LogP contribution in [0.1, 0.15) is 52.2 Å². The lowest BCUT2D eigenvalue weighted by Gasteiger charge is -2.02. The first-order valence-electron chi connectivity index (χ1n) is 8.42. The number of hydrogen-bond acceptors (Lipinski definition) is 6. The van der Waals surface area contributed by atoms with E-state index in [9.17, 15) is 9.59 Å². The Morgan fingerprint density at radius 2 is 2.08 bits per heavy atom. The molecule has 1 aliphatic carbocycles. The number of rotatable bonds is 6. The molecule has 1 amide bonds. The minimum atomic E-state index is -0.518. The van der Waals surface area contributed by atoms with E-state index in [-0.39, 0.29) is 12.1 Å². The summed E-state index contributed by atoms with van der Waals surface area (Å²) in [6, 6.07) is 9.75. The van der Waals surface area contributed by atoms with Crippen LogP contribution in [0.4, 0.5) is 0 Å². The molecule has 1 fully saturated rings. The van der Waals surface area contributed by atoms with E-state index in [1.165, 1.54) is 6.20 Å². The number of H-pyrrole nitrogens is 1. The van der Waals surface area contributed by atoms with Gasteiger partial charge in [-0.05, 0) is 18.4 Å². The van der Waals surface area contributed by atoms with Crippen molar-refractivity contribution >= 4 is 5.91 Å². The molecule has 0 atom stereocenters. The summed E-state index contributed by atoms with van der Waals surface area (Å²) in [6.07, 6.45) is 3.89. The number of aromatic amines is 1. The van der Waals surface area contributed by atoms with E-state index in [1.54, 1.807) is 0 Å². The zero-order valence-corrected chi connectivity index (χ0v) is 13.9. The number of carbonyl (C=O) groups is 1. The predicted molar refractivity (Wildman–Crippen MR) is 91.5 cm³/mol. The molecule has 1 saturated carbocycles. The average Bonchev–Trinajstić information content (AvgIpc) is 3.41. The van der Waals surface area contributed by atoms with Crippen molar-refractivity contribution in [1.82, 2.24) is 25.4 Å². The predicted octanol–water partition coefficient (Wildman–Crippen LogP) is 1.55. The zero-order chi connectivity index (χ0) is 17.9. The molecule has 1 aromatic carbocycles. The summed E-state index contributed by atoms with van der Waals surface area (Å²) < 4.78 is 5.19. The number of nitrogens with zero attached hydrogens (tertiary/aromatic N) is 3. The van der Waals surface area contributed by atoms with E-state index in [4.69, 9.17) is 4.52 Å². The molecule has 2 heterocycles. The van der Waals surface area contributed by atoms with E-state index >= 15 is 0 Å². The maximum absolute atomic E-state index is 12.2. The SMILES string of the molecule is O=C(NCc1noc(Cc2ccccc2)n1)c1cnc(C2CC2)[nH]c1=O. The number of amides is 1. The topological polar surface area (TPSA) is 114 Å². The van der Waals surface area contributed by atoms with Crippen molar-refractivity contribution in [2.45, 2.75) is 31.7 Å². The van der Waals surface area contributed by atoms with Crippen LogP contribution in [-0.2, 0) is 13.0 Å². The number of aromatic nitrogens is 4. The lowest BCUT2D eigenvalue weighted by Crippen LogP contribution is -2.30. The molecule has 2 aromatic heterocycles. The Balaban J connectivity index is 1.36. The highest BCUT2D eigenvalue weighted by molar-refractivity contribution is 5.93. The standard InChI is InChI=1S/C18H17N5O3/c24-17(13-9-19-16(12-6-7-12)22-18(13)25)20-10-14-21-15(26-23-14)8-11-4-2-1-3-5-11/h1-5,9,12H,6-8,10H2,(H,20,24)(H,19,22,25). The van der Waals surface area contributed by atoms with Crippen molar-refractivity contribution in [3.8, 4) is 0 Å². The maximum atomic E-state index is 12.2. The molecule has 8 nitrogen and oxygen atoms in total. The number of benzene rings is 1. The Labute approximate surface area is 148 Å². The van der Waals surface area contributed by atoms with Crippen LogP contribution in [0.2, 0.25) is 0 Å². The van der Waals surface area contributed by atoms with Gasteiger partial charge in [-0.15, -0.1) is 0 Å². The number of nitrogens with one attached hydrogen (secondary N) is 2. The molecule has 0 radical (unpaired) electrons. The van der Waals surface area contributed by atoms with Gasteiger partial charge in [0, 0.05) is 12.1 Å². The third-order valence-electron chi connectivity index (χ3n) is 4.14. The molecule has 0 saturated heterocycles. The van der Waals surface area contributed by atoms with Crippen LogP contribution in [0, 0.1) is 0 Å². The summed E-state index contributed by atoms with van der Waals surface area (Å²) in [5.74, 6) is 1.27. The van der Waals surface area contributed by atoms with Crippen molar-refractivity contribution in [3.05, 3.63) is 75.5 Å². The molecule has 0 spiro atoms. The van der Waals surface area contributed by atoms with E-state index in [0.717, 1.165) is 18.4 Å². The van der Waals surface area contributed by atoms with Crippen LogP contribution in [0.25, 0.3) is 0 Å². The number of carbonyl (C=O) groups excluding carboxylic acids is 1. The summed E-state index contributed by atoms with van der Waals surface area (Å²) in [6.45, 7) is 0.0704. The highest BCUT2D eigenvalue weighted by Crippen LogP contribution is 2.37. The fraction of sp³-hybridized carbons (Fsp3) is 0.278. The Hall–Kier alpha value is -3.29. The second-order valence-electron chi connectivity index (χ2n) is 6.23. The average molecular weight is 351 g/mol. The van der Waals surface area contributed by atoms with Gasteiger partial charge in [-0.2, -0.15) is 4.98 Å². The summed E-state index contributed by atoms with van der Waals surface area (Å²) in [5, 5.41) is 6.46. The van der Waals surface area contributed by atoms with Gasteiger partial charge in [-0.3, -0.25) is 9.59 Å². The van der Waals surface area contributed by atoms with Gasteiger partial charge in [-0.1, -0.05) is 35.5 Å². The number of hydrogen-bond donors (Lipinski definition) is 2. The van der Waals surface area contributed by atoms with Crippen molar-refractivity contribution in [2.75, 3.05) is 0 Å². The third-order valence-corrected chi connectivity index (χ3v) is 4.14. The molecule has 2 N–H and O–H groups in total. The van der Waals surface area contributed by atoms with Crippen LogP contribution in [0.15, 0.2) is 45.8 Å². The summed E-state index contributed by atoms with van der Waals surface area (Å²) >= 11 is 0. The lowest BCUT2D eigenvalue weighted by atomic mass is 10.1. The summed E-state index contributed by atoms with van der Waals surface area (Å²) in [7, 11) is 0. The molecule has 8 heteroatoms. The second-order valence-corrected chi connectivity index (χ2v) is 6.23. The van der Waals surface area contributed by atoms with Crippen molar-refractivity contribution < 1.29 is 9.32 Å². The molecule has 26 heavy (non-hydrogen) atoms. The van der Waals surface area contributed by atoms with E-state index in [1.807, 2.05) is 30.3 Å². The Morgan fingerprint density at radius 1 is 1.27 bits per heavy atom. The normalized spacial score (nSPS) is 13.5. The van der Waals surface area contributed by atoms with Gasteiger partial charge in [0.25, 0.3) is 11.5 Å². The van der Waals surface area contributed by atoms with Crippen molar-refractivity contribution in [3.63, 3.8) is 0 Å². The molecule has 3 aromatic rings. The maximum Gasteiger partial charge on any atom is 0.263 e. The molecule has 1 aliphatic rings. The second kappa shape index (κ2) is 6.91. The zero-order valence-electron chi connectivity index (χ0n) is 13.9. The van der Waals surface area contributed by atoms with Gasteiger partial charge in [0.1, 0.15) is 11.4 Å². The quantitative estimate of drug-likeness (QED) is 0.696. The Morgan fingerprint density at radius 3 is 2.81 bits per heavy atom. The van der Waals surface area contributed by atoms with E-state index < -0.39 is 11.5 Å². The first kappa shape index (κ1) is 16.2. The highest BCUT2D eigenvalue weighted by atomic mass is 16.5. The lowest BCUT2D eigenvalue weighted by molar-refractivity contribution is 0.0947. The molecular weight excluding hydrogens is 334 g/mol. The Bertz CT molecular complexity index is 976. The first-order valence-corrected chi connectivity index (χ1v) is 8.42. The Kier molecular flexibility index (Phi) is 4.30. The van der Waals surface area contributed by atoms with Crippen molar-refractivity contribution in [1.29, 1.82) is 0 Å². The van der Waals surface area contributed by atoms with E-state index in [2.05, 4.69) is 25.4 Å². The van der Waals surface area contributed by atoms with E-state index in [0.29, 0.717) is 29.9 Å². The van der Waals surface area contributed by atoms with Gasteiger partial charge in [0.15, 0.2) is 5.82 Å². The molecule has 0 aliphatic heterocycles. The minimum absolute atomic E-state index is 0.0256. The van der Waals surface area contributed by atoms with Crippen LogP contribution >= 0.6 is 0 Å². The van der Waals surface area contributed by atoms with Gasteiger partial charge in [0.2, 0.25) is 5.89 Å². The molecule has 0 bridgehead atoms. The molecular formula is C18H17N5O3. The monoisotopic (exact) mass is 351 g/mol. The van der Waals surface area contributed by atoms with Crippen LogP contribution in [0.5, 0.6) is 0 Å². The molecule has 0 unspecified atom stereocenters. The van der Waals surface area contributed by atoms with Gasteiger partial charge in [0.05, 0.1) is 13.0 Å². The molecule has 4 rings (SSSR count). The highest BCUT2D eigenvalue weighted by Gasteiger charge is 2.26. The van der Waals surface area contributed by atoms with Crippen molar-refractivity contribution in [2.24, 2.45) is 0 Å². The minimum Gasteiger partial charge on any atom is -0.344 e. The largest absolute Gasteiger partial charge is 0.344 e. The fourth-order valence-corrected chi connectivity index (χ4v) is 2.59.